The lowest BCUT2D eigenvalue weighted by Gasteiger charge is -2.12. The van der Waals surface area contributed by atoms with Gasteiger partial charge in [0, 0.05) is 6.07 Å². The van der Waals surface area contributed by atoms with Gasteiger partial charge in [0.1, 0.15) is 11.5 Å². The molecular formula is C15H19NO5. The normalized spacial score (nSPS) is 22.3. The molecule has 2 atom stereocenters. The molecule has 0 aromatic heterocycles. The first-order chi connectivity index (χ1) is 9.82. The number of benzene rings is 1. The van der Waals surface area contributed by atoms with Crippen molar-refractivity contribution >= 4 is 17.6 Å². The van der Waals surface area contributed by atoms with Crippen LogP contribution in [0.1, 0.15) is 13.8 Å². The Labute approximate surface area is 123 Å². The minimum atomic E-state index is -0.943. The number of ether oxygens (including phenoxy) is 2. The number of carboxylic acids is 1. The van der Waals surface area contributed by atoms with Gasteiger partial charge in [-0.2, -0.15) is 0 Å². The van der Waals surface area contributed by atoms with E-state index in [0.717, 1.165) is 0 Å². The van der Waals surface area contributed by atoms with Crippen molar-refractivity contribution in [3.05, 3.63) is 18.2 Å². The average molecular weight is 293 g/mol. The van der Waals surface area contributed by atoms with Crippen LogP contribution in [0.2, 0.25) is 0 Å². The highest BCUT2D eigenvalue weighted by Crippen LogP contribution is 2.58. The van der Waals surface area contributed by atoms with E-state index in [4.69, 9.17) is 14.6 Å². The van der Waals surface area contributed by atoms with Gasteiger partial charge in [0.05, 0.1) is 31.7 Å². The summed E-state index contributed by atoms with van der Waals surface area (Å²) in [6.45, 7) is 3.56. The molecule has 2 rings (SSSR count). The van der Waals surface area contributed by atoms with Crippen LogP contribution in [0.4, 0.5) is 5.69 Å². The molecule has 0 spiro atoms. The molecule has 1 aromatic rings. The third kappa shape index (κ3) is 2.66. The van der Waals surface area contributed by atoms with Crippen LogP contribution in [0.3, 0.4) is 0 Å². The smallest absolute Gasteiger partial charge is 0.307 e. The molecule has 21 heavy (non-hydrogen) atoms. The van der Waals surface area contributed by atoms with E-state index in [-0.39, 0.29) is 5.91 Å². The van der Waals surface area contributed by atoms with Gasteiger partial charge in [-0.1, -0.05) is 13.8 Å². The molecule has 1 saturated carbocycles. The second-order valence-electron chi connectivity index (χ2n) is 5.67. The summed E-state index contributed by atoms with van der Waals surface area (Å²) < 4.78 is 10.3. The van der Waals surface area contributed by atoms with Gasteiger partial charge in [-0.15, -0.1) is 0 Å². The summed E-state index contributed by atoms with van der Waals surface area (Å²) in [5.74, 6) is -1.37. The van der Waals surface area contributed by atoms with E-state index in [9.17, 15) is 9.59 Å². The molecule has 0 unspecified atom stereocenters. The molecule has 114 valence electrons. The van der Waals surface area contributed by atoms with E-state index in [1.165, 1.54) is 14.2 Å². The summed E-state index contributed by atoms with van der Waals surface area (Å²) >= 11 is 0. The van der Waals surface area contributed by atoms with Crippen molar-refractivity contribution < 1.29 is 24.2 Å². The highest BCUT2D eigenvalue weighted by Gasteiger charge is 2.65. The number of carboxylic acid groups (broad SMARTS) is 1. The number of hydrogen-bond acceptors (Lipinski definition) is 4. The van der Waals surface area contributed by atoms with Gasteiger partial charge in [0.2, 0.25) is 5.91 Å². The summed E-state index contributed by atoms with van der Waals surface area (Å²) in [6, 6.07) is 5.02. The van der Waals surface area contributed by atoms with E-state index in [2.05, 4.69) is 5.32 Å². The Hall–Kier alpha value is -2.24. The predicted molar refractivity (Wildman–Crippen MR) is 76.6 cm³/mol. The number of amides is 1. The molecule has 1 aromatic carbocycles. The first-order valence-corrected chi connectivity index (χ1v) is 6.58. The quantitative estimate of drug-likeness (QED) is 0.867. The maximum absolute atomic E-state index is 12.3. The minimum Gasteiger partial charge on any atom is -0.497 e. The highest BCUT2D eigenvalue weighted by atomic mass is 16.5. The van der Waals surface area contributed by atoms with E-state index in [1.807, 2.05) is 0 Å². The van der Waals surface area contributed by atoms with Gasteiger partial charge in [0.15, 0.2) is 0 Å². The first-order valence-electron chi connectivity index (χ1n) is 6.58. The molecule has 6 heteroatoms. The Morgan fingerprint density at radius 3 is 2.33 bits per heavy atom. The van der Waals surface area contributed by atoms with Crippen LogP contribution < -0.4 is 14.8 Å². The number of hydrogen-bond donors (Lipinski definition) is 2. The molecule has 0 bridgehead atoms. The van der Waals surface area contributed by atoms with E-state index in [1.54, 1.807) is 32.0 Å². The Bertz CT molecular complexity index is 581. The maximum Gasteiger partial charge on any atom is 0.307 e. The second kappa shape index (κ2) is 5.27. The van der Waals surface area contributed by atoms with Crippen molar-refractivity contribution in [1.82, 2.24) is 0 Å². The molecule has 0 aliphatic heterocycles. The van der Waals surface area contributed by atoms with Crippen LogP contribution in [0.15, 0.2) is 18.2 Å². The van der Waals surface area contributed by atoms with Crippen LogP contribution in [0.25, 0.3) is 0 Å². The van der Waals surface area contributed by atoms with Gasteiger partial charge < -0.3 is 19.9 Å². The first kappa shape index (κ1) is 15.2. The molecule has 1 amide bonds. The molecule has 0 heterocycles. The summed E-state index contributed by atoms with van der Waals surface area (Å²) in [4.78, 5) is 23.4. The summed E-state index contributed by atoms with van der Waals surface area (Å²) in [6.07, 6.45) is 0. The second-order valence-corrected chi connectivity index (χ2v) is 5.67. The topological polar surface area (TPSA) is 84.9 Å². The summed E-state index contributed by atoms with van der Waals surface area (Å²) in [7, 11) is 3.03. The van der Waals surface area contributed by atoms with Crippen molar-refractivity contribution in [3.63, 3.8) is 0 Å². The maximum atomic E-state index is 12.3. The van der Waals surface area contributed by atoms with Gasteiger partial charge in [0.25, 0.3) is 0 Å². The van der Waals surface area contributed by atoms with Crippen molar-refractivity contribution in [2.45, 2.75) is 13.8 Å². The van der Waals surface area contributed by atoms with Gasteiger partial charge in [-0.3, -0.25) is 9.59 Å². The Morgan fingerprint density at radius 2 is 1.86 bits per heavy atom. The Morgan fingerprint density at radius 1 is 1.19 bits per heavy atom. The van der Waals surface area contributed by atoms with Gasteiger partial charge in [-0.25, -0.2) is 0 Å². The lowest BCUT2D eigenvalue weighted by Crippen LogP contribution is -2.18. The van der Waals surface area contributed by atoms with Crippen molar-refractivity contribution in [2.75, 3.05) is 19.5 Å². The van der Waals surface area contributed by atoms with Gasteiger partial charge >= 0.3 is 5.97 Å². The fourth-order valence-corrected chi connectivity index (χ4v) is 2.70. The zero-order valence-electron chi connectivity index (χ0n) is 12.5. The van der Waals surface area contributed by atoms with Crippen molar-refractivity contribution in [3.8, 4) is 11.5 Å². The van der Waals surface area contributed by atoms with Crippen LogP contribution in [-0.4, -0.2) is 31.2 Å². The van der Waals surface area contributed by atoms with E-state index < -0.39 is 23.2 Å². The fourth-order valence-electron chi connectivity index (χ4n) is 2.70. The summed E-state index contributed by atoms with van der Waals surface area (Å²) in [5.41, 5.74) is -0.0366. The van der Waals surface area contributed by atoms with Crippen LogP contribution >= 0.6 is 0 Å². The lowest BCUT2D eigenvalue weighted by molar-refractivity contribution is -0.140. The number of rotatable bonds is 5. The van der Waals surface area contributed by atoms with Crippen molar-refractivity contribution in [1.29, 1.82) is 0 Å². The standard InChI is InChI=1S/C15H19NO5/c1-15(2)11(12(15)14(18)19)13(17)16-9-6-5-8(20-3)7-10(9)21-4/h5-7,11-12H,1-4H3,(H,16,17)(H,18,19)/t11-,12+/m1/s1. The monoisotopic (exact) mass is 293 g/mol. The number of nitrogens with one attached hydrogen (secondary N) is 1. The number of carbonyl (C=O) groups is 2. The SMILES string of the molecule is COc1ccc(NC(=O)[C@H]2[C@@H](C(=O)O)C2(C)C)c(OC)c1. The molecule has 1 aliphatic rings. The molecule has 0 saturated heterocycles. The largest absolute Gasteiger partial charge is 0.497 e. The summed E-state index contributed by atoms with van der Waals surface area (Å²) in [5, 5.41) is 11.9. The van der Waals surface area contributed by atoms with Crippen molar-refractivity contribution in [2.24, 2.45) is 17.3 Å². The number of anilines is 1. The Balaban J connectivity index is 2.16. The van der Waals surface area contributed by atoms with E-state index >= 15 is 0 Å². The third-order valence-electron chi connectivity index (χ3n) is 4.04. The highest BCUT2D eigenvalue weighted by molar-refractivity contribution is 6.00. The van der Waals surface area contributed by atoms with Crippen LogP contribution in [0, 0.1) is 17.3 Å². The van der Waals surface area contributed by atoms with Crippen LogP contribution in [0.5, 0.6) is 11.5 Å². The lowest BCUT2D eigenvalue weighted by atomic mass is 10.1. The predicted octanol–water partition coefficient (Wildman–Crippen LogP) is 2.00. The fraction of sp³-hybridized carbons (Fsp3) is 0.467. The van der Waals surface area contributed by atoms with Gasteiger partial charge in [-0.05, 0) is 17.5 Å². The molecule has 1 aliphatic carbocycles. The molecule has 6 nitrogen and oxygen atoms in total. The number of aliphatic carboxylic acids is 1. The third-order valence-corrected chi connectivity index (χ3v) is 4.04. The Kier molecular flexibility index (Phi) is 3.80. The molecule has 2 N–H and O–H groups in total. The zero-order valence-corrected chi connectivity index (χ0v) is 12.5. The molecule has 0 radical (unpaired) electrons. The van der Waals surface area contributed by atoms with Crippen LogP contribution in [-0.2, 0) is 9.59 Å². The zero-order chi connectivity index (χ0) is 15.8. The molecule has 1 fully saturated rings. The number of methoxy groups -OCH3 is 2. The number of carbonyl (C=O) groups excluding carboxylic acids is 1. The average Bonchev–Trinajstić information content (AvgIpc) is 3.02. The minimum absolute atomic E-state index is 0.309. The molecular weight excluding hydrogens is 274 g/mol. The van der Waals surface area contributed by atoms with E-state index in [0.29, 0.717) is 17.2 Å².